The summed E-state index contributed by atoms with van der Waals surface area (Å²) in [5.74, 6) is 0.730. The van der Waals surface area contributed by atoms with Crippen LogP contribution in [0.25, 0.3) is 0 Å². The van der Waals surface area contributed by atoms with Crippen molar-refractivity contribution >= 4 is 11.7 Å². The minimum atomic E-state index is -0.0742. The van der Waals surface area contributed by atoms with Gasteiger partial charge in [0.2, 0.25) is 0 Å². The molecule has 24 heavy (non-hydrogen) atoms. The molecule has 0 unspecified atom stereocenters. The maximum absolute atomic E-state index is 12.1. The van der Waals surface area contributed by atoms with E-state index in [2.05, 4.69) is 39.5 Å². The average Bonchev–Trinajstić information content (AvgIpc) is 2.60. The number of aromatic nitrogens is 1. The highest BCUT2D eigenvalue weighted by atomic mass is 16.5. The highest BCUT2D eigenvalue weighted by Gasteiger charge is 2.11. The summed E-state index contributed by atoms with van der Waals surface area (Å²) in [4.78, 5) is 20.9. The third-order valence-electron chi connectivity index (χ3n) is 3.93. The first-order chi connectivity index (χ1) is 11.6. The summed E-state index contributed by atoms with van der Waals surface area (Å²) < 4.78 is 5.31. The molecule has 1 aromatic rings. The van der Waals surface area contributed by atoms with E-state index in [4.69, 9.17) is 4.74 Å². The monoisotopic (exact) mass is 335 g/mol. The molecule has 0 spiro atoms. The van der Waals surface area contributed by atoms with Crippen LogP contribution in [0.1, 0.15) is 16.8 Å². The molecule has 7 nitrogen and oxygen atoms in total. The lowest BCUT2D eigenvalue weighted by Crippen LogP contribution is -2.41. The van der Waals surface area contributed by atoms with Gasteiger partial charge in [-0.1, -0.05) is 0 Å². The lowest BCUT2D eigenvalue weighted by atomic mass is 10.2. The molecule has 7 heteroatoms. The van der Waals surface area contributed by atoms with Gasteiger partial charge in [-0.15, -0.1) is 0 Å². The number of carbonyl (C=O) groups excluding carboxylic acids is 1. The molecule has 0 saturated carbocycles. The minimum Gasteiger partial charge on any atom is -0.379 e. The number of hydrogen-bond acceptors (Lipinski definition) is 6. The fourth-order valence-electron chi connectivity index (χ4n) is 2.50. The van der Waals surface area contributed by atoms with Crippen LogP contribution < -0.4 is 10.6 Å². The zero-order valence-corrected chi connectivity index (χ0v) is 14.8. The Hall–Kier alpha value is -1.70. The van der Waals surface area contributed by atoms with E-state index in [1.165, 1.54) is 0 Å². The Labute approximate surface area is 144 Å². The molecular formula is C17H29N5O2. The second kappa shape index (κ2) is 10.2. The van der Waals surface area contributed by atoms with Crippen molar-refractivity contribution < 1.29 is 9.53 Å². The lowest BCUT2D eigenvalue weighted by Gasteiger charge is -2.26. The topological polar surface area (TPSA) is 69.7 Å². The first kappa shape index (κ1) is 18.6. The molecule has 0 atom stereocenters. The van der Waals surface area contributed by atoms with Crippen molar-refractivity contribution in [1.82, 2.24) is 20.1 Å². The van der Waals surface area contributed by atoms with Crippen LogP contribution in [-0.4, -0.2) is 87.3 Å². The number of hydrogen-bond donors (Lipinski definition) is 2. The molecule has 1 saturated heterocycles. The molecule has 1 fully saturated rings. The van der Waals surface area contributed by atoms with Crippen molar-refractivity contribution in [1.29, 1.82) is 0 Å². The fraction of sp³-hybridized carbons (Fsp3) is 0.647. The number of ether oxygens (including phenoxy) is 1. The SMILES string of the molecule is CN(C)CCCNc1ccc(C(=O)NCCN2CCOCC2)cn1. The smallest absolute Gasteiger partial charge is 0.252 e. The highest BCUT2D eigenvalue weighted by molar-refractivity contribution is 5.94. The van der Waals surface area contributed by atoms with Gasteiger partial charge in [-0.3, -0.25) is 9.69 Å². The zero-order valence-electron chi connectivity index (χ0n) is 14.8. The van der Waals surface area contributed by atoms with Crippen LogP contribution in [-0.2, 0) is 4.74 Å². The standard InChI is InChI=1S/C17H29N5O2/c1-21(2)8-3-6-18-16-5-4-15(14-20-16)17(23)19-7-9-22-10-12-24-13-11-22/h4-5,14H,3,6-13H2,1-2H3,(H,18,20)(H,19,23). The number of morpholine rings is 1. The average molecular weight is 335 g/mol. The molecule has 134 valence electrons. The molecule has 2 N–H and O–H groups in total. The molecule has 1 aliphatic rings. The maximum atomic E-state index is 12.1. The summed E-state index contributed by atoms with van der Waals surface area (Å²) in [6.45, 7) is 6.84. The number of nitrogens with zero attached hydrogens (tertiary/aromatic N) is 3. The molecule has 1 aromatic heterocycles. The molecular weight excluding hydrogens is 306 g/mol. The Morgan fingerprint density at radius 2 is 2.08 bits per heavy atom. The van der Waals surface area contributed by atoms with Crippen LogP contribution in [0.4, 0.5) is 5.82 Å². The van der Waals surface area contributed by atoms with E-state index in [0.29, 0.717) is 12.1 Å². The molecule has 0 aliphatic carbocycles. The van der Waals surface area contributed by atoms with Gasteiger partial charge in [0.25, 0.3) is 5.91 Å². The predicted octanol–water partition coefficient (Wildman–Crippen LogP) is 0.507. The van der Waals surface area contributed by atoms with Gasteiger partial charge >= 0.3 is 0 Å². The van der Waals surface area contributed by atoms with E-state index in [0.717, 1.165) is 58.2 Å². The van der Waals surface area contributed by atoms with E-state index in [1.807, 2.05) is 12.1 Å². The first-order valence-corrected chi connectivity index (χ1v) is 8.58. The molecule has 0 radical (unpaired) electrons. The molecule has 0 bridgehead atoms. The third kappa shape index (κ3) is 6.82. The highest BCUT2D eigenvalue weighted by Crippen LogP contribution is 2.05. The van der Waals surface area contributed by atoms with Crippen LogP contribution in [0.5, 0.6) is 0 Å². The number of nitrogens with one attached hydrogen (secondary N) is 2. The van der Waals surface area contributed by atoms with Gasteiger partial charge < -0.3 is 20.3 Å². The van der Waals surface area contributed by atoms with Crippen molar-refractivity contribution in [3.8, 4) is 0 Å². The van der Waals surface area contributed by atoms with E-state index in [1.54, 1.807) is 6.20 Å². The zero-order chi connectivity index (χ0) is 17.2. The normalized spacial score (nSPS) is 15.5. The second-order valence-electron chi connectivity index (χ2n) is 6.23. The van der Waals surface area contributed by atoms with Gasteiger partial charge in [0.1, 0.15) is 5.82 Å². The van der Waals surface area contributed by atoms with E-state index in [9.17, 15) is 4.79 Å². The number of rotatable bonds is 9. The van der Waals surface area contributed by atoms with Crippen molar-refractivity contribution in [3.63, 3.8) is 0 Å². The lowest BCUT2D eigenvalue weighted by molar-refractivity contribution is 0.0383. The Morgan fingerprint density at radius 3 is 2.75 bits per heavy atom. The first-order valence-electron chi connectivity index (χ1n) is 8.58. The minimum absolute atomic E-state index is 0.0742. The Morgan fingerprint density at radius 1 is 1.29 bits per heavy atom. The molecule has 2 rings (SSSR count). The number of amides is 1. The van der Waals surface area contributed by atoms with Crippen LogP contribution >= 0.6 is 0 Å². The van der Waals surface area contributed by atoms with Gasteiger partial charge in [-0.2, -0.15) is 0 Å². The molecule has 0 aromatic carbocycles. The van der Waals surface area contributed by atoms with Gasteiger partial charge in [0, 0.05) is 38.9 Å². The second-order valence-corrected chi connectivity index (χ2v) is 6.23. The van der Waals surface area contributed by atoms with E-state index in [-0.39, 0.29) is 5.91 Å². The summed E-state index contributed by atoms with van der Waals surface area (Å²) in [7, 11) is 4.12. The summed E-state index contributed by atoms with van der Waals surface area (Å²) in [5.41, 5.74) is 0.593. The van der Waals surface area contributed by atoms with Gasteiger partial charge in [-0.05, 0) is 39.2 Å². The summed E-state index contributed by atoms with van der Waals surface area (Å²) >= 11 is 0. The van der Waals surface area contributed by atoms with Crippen molar-refractivity contribution in [3.05, 3.63) is 23.9 Å². The van der Waals surface area contributed by atoms with Gasteiger partial charge in [-0.25, -0.2) is 4.98 Å². The summed E-state index contributed by atoms with van der Waals surface area (Å²) in [6.07, 6.45) is 2.68. The number of carbonyl (C=O) groups is 1. The van der Waals surface area contributed by atoms with Crippen molar-refractivity contribution in [2.45, 2.75) is 6.42 Å². The van der Waals surface area contributed by atoms with E-state index >= 15 is 0 Å². The quantitative estimate of drug-likeness (QED) is 0.641. The number of pyridine rings is 1. The van der Waals surface area contributed by atoms with Crippen LogP contribution in [0.2, 0.25) is 0 Å². The maximum Gasteiger partial charge on any atom is 0.252 e. The van der Waals surface area contributed by atoms with Crippen LogP contribution in [0.15, 0.2) is 18.3 Å². The van der Waals surface area contributed by atoms with Crippen molar-refractivity contribution in [2.75, 3.05) is 71.9 Å². The Bertz CT molecular complexity index is 486. The predicted molar refractivity (Wildman–Crippen MR) is 95.5 cm³/mol. The fourth-order valence-corrected chi connectivity index (χ4v) is 2.50. The largest absolute Gasteiger partial charge is 0.379 e. The van der Waals surface area contributed by atoms with Crippen LogP contribution in [0, 0.1) is 0 Å². The molecule has 1 aliphatic heterocycles. The number of anilines is 1. The van der Waals surface area contributed by atoms with Gasteiger partial charge in [0.05, 0.1) is 18.8 Å². The van der Waals surface area contributed by atoms with Gasteiger partial charge in [0.15, 0.2) is 0 Å². The Kier molecular flexibility index (Phi) is 7.94. The Balaban J connectivity index is 1.66. The third-order valence-corrected chi connectivity index (χ3v) is 3.93. The summed E-state index contributed by atoms with van der Waals surface area (Å²) in [5, 5.41) is 6.21. The van der Waals surface area contributed by atoms with Crippen LogP contribution in [0.3, 0.4) is 0 Å². The summed E-state index contributed by atoms with van der Waals surface area (Å²) in [6, 6.07) is 3.66. The van der Waals surface area contributed by atoms with Crippen molar-refractivity contribution in [2.24, 2.45) is 0 Å². The molecule has 2 heterocycles. The van der Waals surface area contributed by atoms with E-state index < -0.39 is 0 Å². The molecule has 1 amide bonds.